The highest BCUT2D eigenvalue weighted by atomic mass is 19.4. The Hall–Kier alpha value is -2.68. The quantitative estimate of drug-likeness (QED) is 0.902. The highest BCUT2D eigenvalue weighted by Crippen LogP contribution is 2.31. The van der Waals surface area contributed by atoms with Gasteiger partial charge in [0.2, 0.25) is 5.95 Å². The molecule has 6 nitrogen and oxygen atoms in total. The molecule has 0 saturated heterocycles. The van der Waals surface area contributed by atoms with Crippen LogP contribution >= 0.6 is 0 Å². The molecule has 2 rings (SSSR count). The normalized spacial score (nSPS) is 12.5. The monoisotopic (exact) mass is 327 g/mol. The zero-order valence-corrected chi connectivity index (χ0v) is 11.6. The lowest BCUT2D eigenvalue weighted by Crippen LogP contribution is -2.22. The summed E-state index contributed by atoms with van der Waals surface area (Å²) in [4.78, 5) is 18.6. The van der Waals surface area contributed by atoms with E-state index >= 15 is 0 Å². The molecule has 1 atom stereocenters. The summed E-state index contributed by atoms with van der Waals surface area (Å²) in [7, 11) is 0. The molecule has 0 aliphatic rings. The highest BCUT2D eigenvalue weighted by molar-refractivity contribution is 5.82. The summed E-state index contributed by atoms with van der Waals surface area (Å²) in [5.41, 5.74) is 0.0654. The van der Waals surface area contributed by atoms with Crippen molar-refractivity contribution < 1.29 is 27.8 Å². The zero-order chi connectivity index (χ0) is 16.9. The van der Waals surface area contributed by atoms with Gasteiger partial charge in [-0.05, 0) is 11.6 Å². The summed E-state index contributed by atoms with van der Waals surface area (Å²) in [5, 5.41) is 11.2. The van der Waals surface area contributed by atoms with Crippen LogP contribution in [0.2, 0.25) is 0 Å². The van der Waals surface area contributed by atoms with Crippen molar-refractivity contribution in [2.24, 2.45) is 0 Å². The van der Waals surface area contributed by atoms with Crippen molar-refractivity contribution in [3.63, 3.8) is 0 Å². The Labute approximate surface area is 129 Å². The van der Waals surface area contributed by atoms with Gasteiger partial charge in [0.15, 0.2) is 6.10 Å². The molecule has 2 aromatic rings. The fourth-order valence-corrected chi connectivity index (χ4v) is 1.60. The molecule has 9 heteroatoms. The largest absolute Gasteiger partial charge is 0.444 e. The van der Waals surface area contributed by atoms with Gasteiger partial charge in [-0.25, -0.2) is 14.8 Å². The van der Waals surface area contributed by atoms with E-state index in [9.17, 15) is 18.0 Å². The first-order valence-corrected chi connectivity index (χ1v) is 6.41. The predicted molar refractivity (Wildman–Crippen MR) is 73.3 cm³/mol. The number of nitrogens with zero attached hydrogens (tertiary/aromatic N) is 2. The minimum absolute atomic E-state index is 0.0163. The molecule has 0 saturated carbocycles. The lowest BCUT2D eigenvalue weighted by molar-refractivity contribution is -0.207. The van der Waals surface area contributed by atoms with Gasteiger partial charge in [0.05, 0.1) is 5.69 Å². The minimum atomic E-state index is -4.86. The maximum absolute atomic E-state index is 12.4. The Morgan fingerprint density at radius 3 is 2.61 bits per heavy atom. The van der Waals surface area contributed by atoms with Crippen LogP contribution in [0.1, 0.15) is 17.4 Å². The number of benzene rings is 1. The fourth-order valence-electron chi connectivity index (χ4n) is 1.60. The van der Waals surface area contributed by atoms with Crippen LogP contribution in [-0.4, -0.2) is 27.3 Å². The number of hydrogen-bond acceptors (Lipinski definition) is 5. The van der Waals surface area contributed by atoms with Crippen molar-refractivity contribution in [2.45, 2.75) is 18.9 Å². The molecule has 0 aliphatic heterocycles. The standard InChI is InChI=1S/C14H12F3N3O3/c15-14(16,17)11(21)10-6-7-18-12(19-10)20-13(22)23-8-9-4-2-1-3-5-9/h1-7,11,21H,8H2,(H,18,19,20,22). The maximum Gasteiger partial charge on any atom is 0.420 e. The van der Waals surface area contributed by atoms with Crippen LogP contribution in [0.15, 0.2) is 42.6 Å². The predicted octanol–water partition coefficient (Wildman–Crippen LogP) is 2.82. The van der Waals surface area contributed by atoms with Crippen LogP contribution in [-0.2, 0) is 11.3 Å². The van der Waals surface area contributed by atoms with E-state index in [1.807, 2.05) is 0 Å². The van der Waals surface area contributed by atoms with E-state index in [0.717, 1.165) is 17.8 Å². The average molecular weight is 327 g/mol. The summed E-state index contributed by atoms with van der Waals surface area (Å²) in [6, 6.07) is 9.71. The molecular formula is C14H12F3N3O3. The number of ether oxygens (including phenoxy) is 1. The van der Waals surface area contributed by atoms with Gasteiger partial charge in [0.1, 0.15) is 6.61 Å². The Morgan fingerprint density at radius 1 is 1.26 bits per heavy atom. The molecule has 0 bridgehead atoms. The Balaban J connectivity index is 1.96. The van der Waals surface area contributed by atoms with E-state index in [-0.39, 0.29) is 6.61 Å². The van der Waals surface area contributed by atoms with Gasteiger partial charge in [-0.2, -0.15) is 13.2 Å². The van der Waals surface area contributed by atoms with Gasteiger partial charge in [0, 0.05) is 6.20 Å². The van der Waals surface area contributed by atoms with Crippen LogP contribution in [0.3, 0.4) is 0 Å². The van der Waals surface area contributed by atoms with Crippen LogP contribution in [0, 0.1) is 0 Å². The lowest BCUT2D eigenvalue weighted by atomic mass is 10.2. The molecule has 0 fully saturated rings. The van der Waals surface area contributed by atoms with Crippen molar-refractivity contribution in [3.05, 3.63) is 53.9 Å². The summed E-state index contributed by atoms with van der Waals surface area (Å²) < 4.78 is 42.1. The maximum atomic E-state index is 12.4. The Kier molecular flexibility index (Phi) is 5.12. The minimum Gasteiger partial charge on any atom is -0.444 e. The summed E-state index contributed by atoms with van der Waals surface area (Å²) in [6.45, 7) is -0.0163. The highest BCUT2D eigenvalue weighted by Gasteiger charge is 2.40. The van der Waals surface area contributed by atoms with E-state index < -0.39 is 30.0 Å². The second-order valence-electron chi connectivity index (χ2n) is 4.44. The number of nitrogens with one attached hydrogen (secondary N) is 1. The van der Waals surface area contributed by atoms with Crippen molar-refractivity contribution in [1.82, 2.24) is 9.97 Å². The number of aliphatic hydroxyl groups excluding tert-OH is 1. The topological polar surface area (TPSA) is 84.3 Å². The third kappa shape index (κ3) is 4.92. The second-order valence-corrected chi connectivity index (χ2v) is 4.44. The number of alkyl halides is 3. The molecule has 1 aromatic heterocycles. The third-order valence-electron chi connectivity index (χ3n) is 2.69. The average Bonchev–Trinajstić information content (AvgIpc) is 2.52. The van der Waals surface area contributed by atoms with Crippen LogP contribution in [0.25, 0.3) is 0 Å². The summed E-state index contributed by atoms with van der Waals surface area (Å²) in [5.74, 6) is -0.399. The molecular weight excluding hydrogens is 315 g/mol. The van der Waals surface area contributed by atoms with Crippen molar-refractivity contribution in [3.8, 4) is 0 Å². The first-order chi connectivity index (χ1) is 10.9. The summed E-state index contributed by atoms with van der Waals surface area (Å²) in [6.07, 6.45) is -7.55. The number of carbonyl (C=O) groups excluding carboxylic acids is 1. The van der Waals surface area contributed by atoms with Crippen molar-refractivity contribution in [2.75, 3.05) is 5.32 Å². The fraction of sp³-hybridized carbons (Fsp3) is 0.214. The van der Waals surface area contributed by atoms with E-state index in [0.29, 0.717) is 0 Å². The van der Waals surface area contributed by atoms with E-state index in [1.165, 1.54) is 0 Å². The van der Waals surface area contributed by atoms with Gasteiger partial charge >= 0.3 is 12.3 Å². The molecule has 23 heavy (non-hydrogen) atoms. The molecule has 0 spiro atoms. The van der Waals surface area contributed by atoms with E-state index in [2.05, 4.69) is 15.3 Å². The number of hydrogen-bond donors (Lipinski definition) is 2. The second kappa shape index (κ2) is 7.05. The molecule has 2 N–H and O–H groups in total. The third-order valence-corrected chi connectivity index (χ3v) is 2.69. The smallest absolute Gasteiger partial charge is 0.420 e. The lowest BCUT2D eigenvalue weighted by Gasteiger charge is -2.14. The molecule has 1 amide bonds. The Morgan fingerprint density at radius 2 is 1.96 bits per heavy atom. The Bertz CT molecular complexity index is 665. The SMILES string of the molecule is O=C(Nc1nccc(C(O)C(F)(F)F)n1)OCc1ccccc1. The number of rotatable bonds is 4. The molecule has 1 aromatic carbocycles. The van der Waals surface area contributed by atoms with Crippen LogP contribution in [0.4, 0.5) is 23.9 Å². The van der Waals surface area contributed by atoms with Crippen molar-refractivity contribution in [1.29, 1.82) is 0 Å². The van der Waals surface area contributed by atoms with Gasteiger partial charge in [-0.15, -0.1) is 0 Å². The van der Waals surface area contributed by atoms with Crippen molar-refractivity contribution >= 4 is 12.0 Å². The summed E-state index contributed by atoms with van der Waals surface area (Å²) >= 11 is 0. The van der Waals surface area contributed by atoms with E-state index in [1.54, 1.807) is 30.3 Å². The first-order valence-electron chi connectivity index (χ1n) is 6.41. The van der Waals surface area contributed by atoms with E-state index in [4.69, 9.17) is 9.84 Å². The zero-order valence-electron chi connectivity index (χ0n) is 11.6. The molecule has 1 unspecified atom stereocenters. The molecule has 122 valence electrons. The number of amides is 1. The first kappa shape index (κ1) is 16.7. The molecule has 1 heterocycles. The van der Waals surface area contributed by atoms with Gasteiger partial charge in [-0.1, -0.05) is 30.3 Å². The van der Waals surface area contributed by atoms with Gasteiger partial charge < -0.3 is 9.84 Å². The molecule has 0 radical (unpaired) electrons. The van der Waals surface area contributed by atoms with Gasteiger partial charge in [-0.3, -0.25) is 5.32 Å². The number of aromatic nitrogens is 2. The van der Waals surface area contributed by atoms with Crippen LogP contribution in [0.5, 0.6) is 0 Å². The number of halogens is 3. The van der Waals surface area contributed by atoms with Gasteiger partial charge in [0.25, 0.3) is 0 Å². The number of anilines is 1. The van der Waals surface area contributed by atoms with Crippen LogP contribution < -0.4 is 5.32 Å². The number of carbonyl (C=O) groups is 1. The molecule has 0 aliphatic carbocycles. The number of aliphatic hydroxyl groups is 1.